The Labute approximate surface area is 179 Å². The number of imide groups is 1. The molecule has 0 aliphatic carbocycles. The van der Waals surface area contributed by atoms with Gasteiger partial charge in [0, 0.05) is 13.0 Å². The monoisotopic (exact) mass is 424 g/mol. The van der Waals surface area contributed by atoms with Crippen LogP contribution in [0.2, 0.25) is 0 Å². The number of carboxylic acids is 1. The third-order valence-corrected chi connectivity index (χ3v) is 5.22. The Morgan fingerprint density at radius 2 is 1.48 bits per heavy atom. The maximum atomic E-state index is 13.1. The molecule has 8 heteroatoms. The van der Waals surface area contributed by atoms with E-state index >= 15 is 0 Å². The van der Waals surface area contributed by atoms with Crippen molar-refractivity contribution in [2.75, 3.05) is 6.61 Å². The maximum absolute atomic E-state index is 13.1. The zero-order valence-corrected chi connectivity index (χ0v) is 16.9. The number of aliphatic hydroxyl groups excluding tert-OH is 1. The van der Waals surface area contributed by atoms with Crippen LogP contribution in [0.1, 0.15) is 45.5 Å². The Morgan fingerprint density at radius 3 is 2.03 bits per heavy atom. The van der Waals surface area contributed by atoms with Crippen molar-refractivity contribution < 1.29 is 29.4 Å². The molecule has 2 atom stereocenters. The van der Waals surface area contributed by atoms with Crippen molar-refractivity contribution in [3.63, 3.8) is 0 Å². The maximum Gasteiger partial charge on any atom is 0.326 e. The van der Waals surface area contributed by atoms with Crippen LogP contribution >= 0.6 is 0 Å². The highest BCUT2D eigenvalue weighted by Gasteiger charge is 2.43. The van der Waals surface area contributed by atoms with Crippen LogP contribution < -0.4 is 5.32 Å². The van der Waals surface area contributed by atoms with Crippen molar-refractivity contribution in [3.05, 3.63) is 71.3 Å². The highest BCUT2D eigenvalue weighted by Crippen LogP contribution is 2.26. The molecule has 0 radical (unpaired) electrons. The molecular weight excluding hydrogens is 400 g/mol. The molecule has 0 spiro atoms. The van der Waals surface area contributed by atoms with Crippen LogP contribution in [0.5, 0.6) is 0 Å². The van der Waals surface area contributed by atoms with Gasteiger partial charge in [-0.3, -0.25) is 19.3 Å². The Kier molecular flexibility index (Phi) is 7.15. The van der Waals surface area contributed by atoms with Crippen molar-refractivity contribution in [2.45, 2.75) is 37.8 Å². The molecule has 8 nitrogen and oxygen atoms in total. The van der Waals surface area contributed by atoms with E-state index in [1.807, 2.05) is 0 Å². The van der Waals surface area contributed by atoms with Gasteiger partial charge in [-0.1, -0.05) is 42.5 Å². The van der Waals surface area contributed by atoms with Gasteiger partial charge in [0.05, 0.1) is 11.1 Å². The molecule has 0 saturated heterocycles. The lowest BCUT2D eigenvalue weighted by Gasteiger charge is -2.27. The Morgan fingerprint density at radius 1 is 0.903 bits per heavy atom. The SMILES string of the molecule is O=C(O)C(Cc1ccccc1)NC(=O)C(CCCCO)N1C(=O)c2ccccc2C1=O. The van der Waals surface area contributed by atoms with Crippen LogP contribution in [-0.2, 0) is 16.0 Å². The Bertz CT molecular complexity index is 940. The largest absolute Gasteiger partial charge is 0.480 e. The molecule has 162 valence electrons. The lowest BCUT2D eigenvalue weighted by molar-refractivity contribution is -0.142. The molecule has 1 aliphatic heterocycles. The third kappa shape index (κ3) is 4.97. The van der Waals surface area contributed by atoms with Gasteiger partial charge in [0.25, 0.3) is 11.8 Å². The van der Waals surface area contributed by atoms with Gasteiger partial charge < -0.3 is 15.5 Å². The fourth-order valence-corrected chi connectivity index (χ4v) is 3.64. The van der Waals surface area contributed by atoms with Gasteiger partial charge >= 0.3 is 5.97 Å². The van der Waals surface area contributed by atoms with Crippen molar-refractivity contribution in [2.24, 2.45) is 0 Å². The summed E-state index contributed by atoms with van der Waals surface area (Å²) in [4.78, 5) is 51.5. The van der Waals surface area contributed by atoms with Crippen molar-refractivity contribution in [3.8, 4) is 0 Å². The van der Waals surface area contributed by atoms with E-state index in [0.717, 1.165) is 10.5 Å². The molecular formula is C23H24N2O6. The smallest absolute Gasteiger partial charge is 0.326 e. The summed E-state index contributed by atoms with van der Waals surface area (Å²) in [6.07, 6.45) is 0.959. The minimum Gasteiger partial charge on any atom is -0.480 e. The number of hydrogen-bond donors (Lipinski definition) is 3. The fraction of sp³-hybridized carbons (Fsp3) is 0.304. The fourth-order valence-electron chi connectivity index (χ4n) is 3.64. The molecule has 2 unspecified atom stereocenters. The summed E-state index contributed by atoms with van der Waals surface area (Å²) in [5, 5.41) is 21.2. The number of hydrogen-bond acceptors (Lipinski definition) is 5. The van der Waals surface area contributed by atoms with Gasteiger partial charge in [-0.25, -0.2) is 4.79 Å². The minimum absolute atomic E-state index is 0.0629. The summed E-state index contributed by atoms with van der Waals surface area (Å²) < 4.78 is 0. The second kappa shape index (κ2) is 9.99. The summed E-state index contributed by atoms with van der Waals surface area (Å²) in [5.74, 6) is -3.09. The molecule has 2 aromatic carbocycles. The number of nitrogens with one attached hydrogen (secondary N) is 1. The van der Waals surface area contributed by atoms with Crippen LogP contribution in [0.15, 0.2) is 54.6 Å². The highest BCUT2D eigenvalue weighted by molar-refractivity contribution is 6.22. The summed E-state index contributed by atoms with van der Waals surface area (Å²) >= 11 is 0. The first-order valence-electron chi connectivity index (χ1n) is 10.1. The number of aliphatic carboxylic acids is 1. The normalized spacial score (nSPS) is 14.8. The van der Waals surface area contributed by atoms with Crippen molar-refractivity contribution in [1.29, 1.82) is 0 Å². The standard InChI is InChI=1S/C23H24N2O6/c26-13-7-6-12-19(25-21(28)16-10-4-5-11-17(16)22(25)29)20(27)24-18(23(30)31)14-15-8-2-1-3-9-15/h1-5,8-11,18-19,26H,6-7,12-14H2,(H,24,27)(H,30,31). The van der Waals surface area contributed by atoms with Crippen LogP contribution in [0.25, 0.3) is 0 Å². The molecule has 3 amide bonds. The predicted octanol–water partition coefficient (Wildman–Crippen LogP) is 1.63. The van der Waals surface area contributed by atoms with E-state index in [1.54, 1.807) is 42.5 Å². The lowest BCUT2D eigenvalue weighted by Crippen LogP contribution is -2.53. The summed E-state index contributed by atoms with van der Waals surface area (Å²) in [7, 11) is 0. The quantitative estimate of drug-likeness (QED) is 0.393. The van der Waals surface area contributed by atoms with E-state index in [9.17, 15) is 24.3 Å². The first kappa shape index (κ1) is 22.2. The average molecular weight is 424 g/mol. The number of nitrogens with zero attached hydrogens (tertiary/aromatic N) is 1. The number of unbranched alkanes of at least 4 members (excludes halogenated alkanes) is 1. The van der Waals surface area contributed by atoms with Gasteiger partial charge in [0.15, 0.2) is 0 Å². The van der Waals surface area contributed by atoms with Gasteiger partial charge in [-0.15, -0.1) is 0 Å². The van der Waals surface area contributed by atoms with Crippen molar-refractivity contribution in [1.82, 2.24) is 10.2 Å². The lowest BCUT2D eigenvalue weighted by atomic mass is 10.0. The first-order chi connectivity index (χ1) is 14.9. The molecule has 0 aromatic heterocycles. The van der Waals surface area contributed by atoms with E-state index in [1.165, 1.54) is 12.1 Å². The Hall–Kier alpha value is -3.52. The topological polar surface area (TPSA) is 124 Å². The summed E-state index contributed by atoms with van der Waals surface area (Å²) in [6, 6.07) is 12.8. The van der Waals surface area contributed by atoms with Crippen LogP contribution in [0.4, 0.5) is 0 Å². The number of carboxylic acid groups (broad SMARTS) is 1. The van der Waals surface area contributed by atoms with E-state index in [4.69, 9.17) is 5.11 Å². The van der Waals surface area contributed by atoms with E-state index in [0.29, 0.717) is 12.8 Å². The predicted molar refractivity (Wildman–Crippen MR) is 111 cm³/mol. The number of amides is 3. The molecule has 0 saturated carbocycles. The summed E-state index contributed by atoms with van der Waals surface area (Å²) in [6.45, 7) is -0.0950. The van der Waals surface area contributed by atoms with Gasteiger partial charge in [-0.05, 0) is 37.0 Å². The third-order valence-electron chi connectivity index (χ3n) is 5.22. The average Bonchev–Trinajstić information content (AvgIpc) is 3.02. The second-order valence-corrected chi connectivity index (χ2v) is 7.35. The number of carbonyl (C=O) groups excluding carboxylic acids is 3. The van der Waals surface area contributed by atoms with Crippen LogP contribution in [0.3, 0.4) is 0 Å². The van der Waals surface area contributed by atoms with E-state index in [2.05, 4.69) is 5.32 Å². The van der Waals surface area contributed by atoms with Crippen LogP contribution in [0, 0.1) is 0 Å². The van der Waals surface area contributed by atoms with Gasteiger partial charge in [-0.2, -0.15) is 0 Å². The number of carbonyl (C=O) groups is 4. The van der Waals surface area contributed by atoms with Gasteiger partial charge in [0.2, 0.25) is 5.91 Å². The Balaban J connectivity index is 1.82. The molecule has 3 N–H and O–H groups in total. The molecule has 2 aromatic rings. The molecule has 1 heterocycles. The van der Waals surface area contributed by atoms with Gasteiger partial charge in [0.1, 0.15) is 12.1 Å². The number of rotatable bonds is 10. The number of benzene rings is 2. The highest BCUT2D eigenvalue weighted by atomic mass is 16.4. The molecule has 0 fully saturated rings. The molecule has 3 rings (SSSR count). The molecule has 0 bridgehead atoms. The number of fused-ring (bicyclic) bond motifs is 1. The van der Waals surface area contributed by atoms with Crippen molar-refractivity contribution >= 4 is 23.7 Å². The zero-order chi connectivity index (χ0) is 22.4. The number of aliphatic hydroxyl groups is 1. The van der Waals surface area contributed by atoms with E-state index in [-0.39, 0.29) is 30.6 Å². The zero-order valence-electron chi connectivity index (χ0n) is 16.9. The molecule has 31 heavy (non-hydrogen) atoms. The summed E-state index contributed by atoms with van der Waals surface area (Å²) in [5.41, 5.74) is 1.16. The minimum atomic E-state index is -1.22. The first-order valence-corrected chi connectivity index (χ1v) is 10.1. The van der Waals surface area contributed by atoms with Crippen LogP contribution in [-0.4, -0.2) is 57.5 Å². The molecule has 1 aliphatic rings. The second-order valence-electron chi connectivity index (χ2n) is 7.35. The van der Waals surface area contributed by atoms with E-state index < -0.39 is 35.8 Å².